The minimum Gasteiger partial charge on any atom is -0.399 e. The summed E-state index contributed by atoms with van der Waals surface area (Å²) in [6.07, 6.45) is 0. The van der Waals surface area contributed by atoms with Gasteiger partial charge >= 0.3 is 0 Å². The minimum atomic E-state index is 0.817. The zero-order chi connectivity index (χ0) is 13.3. The summed E-state index contributed by atoms with van der Waals surface area (Å²) < 4.78 is 0. The summed E-state index contributed by atoms with van der Waals surface area (Å²) in [4.78, 5) is 0. The van der Waals surface area contributed by atoms with E-state index >= 15 is 0 Å². The average Bonchev–Trinajstić information content (AvgIpc) is 2.34. The Bertz CT molecular complexity index is 586. The molecule has 0 aliphatic heterocycles. The van der Waals surface area contributed by atoms with E-state index in [1.807, 2.05) is 19.2 Å². The Labute approximate surface area is 109 Å². The van der Waals surface area contributed by atoms with Crippen molar-refractivity contribution in [2.45, 2.75) is 20.8 Å². The first-order valence-electron chi connectivity index (χ1n) is 6.19. The van der Waals surface area contributed by atoms with E-state index in [1.54, 1.807) is 0 Å². The summed E-state index contributed by atoms with van der Waals surface area (Å²) in [6, 6.07) is 10.4. The zero-order valence-electron chi connectivity index (χ0n) is 11.5. The van der Waals surface area contributed by atoms with Gasteiger partial charge in [0.2, 0.25) is 0 Å². The molecule has 2 heteroatoms. The lowest BCUT2D eigenvalue weighted by Gasteiger charge is -2.15. The van der Waals surface area contributed by atoms with Crippen LogP contribution in [0.4, 0.5) is 11.4 Å². The number of aryl methyl sites for hydroxylation is 1. The van der Waals surface area contributed by atoms with E-state index < -0.39 is 0 Å². The van der Waals surface area contributed by atoms with Crippen molar-refractivity contribution in [1.29, 1.82) is 0 Å². The Morgan fingerprint density at radius 2 is 1.56 bits per heavy atom. The normalized spacial score (nSPS) is 10.4. The van der Waals surface area contributed by atoms with Crippen LogP contribution < -0.4 is 11.1 Å². The smallest absolute Gasteiger partial charge is 0.0370 e. The molecule has 0 heterocycles. The molecule has 18 heavy (non-hydrogen) atoms. The molecule has 2 nitrogen and oxygen atoms in total. The van der Waals surface area contributed by atoms with Crippen LogP contribution in [0.15, 0.2) is 30.3 Å². The van der Waals surface area contributed by atoms with Gasteiger partial charge in [-0.15, -0.1) is 0 Å². The van der Waals surface area contributed by atoms with E-state index in [9.17, 15) is 0 Å². The highest BCUT2D eigenvalue weighted by Crippen LogP contribution is 2.32. The molecule has 0 saturated heterocycles. The molecule has 0 aliphatic carbocycles. The van der Waals surface area contributed by atoms with Crippen LogP contribution in [0.5, 0.6) is 0 Å². The second-order valence-corrected chi connectivity index (χ2v) is 4.74. The third kappa shape index (κ3) is 2.06. The van der Waals surface area contributed by atoms with Gasteiger partial charge in [0.1, 0.15) is 0 Å². The van der Waals surface area contributed by atoms with Crippen LogP contribution in [0, 0.1) is 20.8 Å². The van der Waals surface area contributed by atoms with Crippen LogP contribution in [0.25, 0.3) is 11.1 Å². The van der Waals surface area contributed by atoms with Gasteiger partial charge in [-0.05, 0) is 66.8 Å². The number of nitrogens with two attached hydrogens (primary N) is 1. The number of hydrogen-bond acceptors (Lipinski definition) is 2. The Hall–Kier alpha value is -1.96. The third-order valence-corrected chi connectivity index (χ3v) is 3.60. The monoisotopic (exact) mass is 240 g/mol. The van der Waals surface area contributed by atoms with Gasteiger partial charge < -0.3 is 11.1 Å². The summed E-state index contributed by atoms with van der Waals surface area (Å²) in [5.74, 6) is 0. The second kappa shape index (κ2) is 4.73. The number of nitrogen functional groups attached to an aromatic ring is 1. The van der Waals surface area contributed by atoms with Crippen LogP contribution in [-0.2, 0) is 0 Å². The summed E-state index contributed by atoms with van der Waals surface area (Å²) in [5, 5.41) is 3.22. The lowest BCUT2D eigenvalue weighted by atomic mass is 9.93. The van der Waals surface area contributed by atoms with Crippen molar-refractivity contribution in [3.05, 3.63) is 47.0 Å². The fraction of sp³-hybridized carbons (Fsp3) is 0.250. The molecule has 94 valence electrons. The quantitative estimate of drug-likeness (QED) is 0.781. The molecule has 0 aliphatic rings. The molecular weight excluding hydrogens is 220 g/mol. The molecule has 2 rings (SSSR count). The van der Waals surface area contributed by atoms with Gasteiger partial charge in [0.25, 0.3) is 0 Å². The van der Waals surface area contributed by atoms with Gasteiger partial charge in [-0.1, -0.05) is 12.1 Å². The number of benzene rings is 2. The number of anilines is 2. The molecule has 0 spiro atoms. The second-order valence-electron chi connectivity index (χ2n) is 4.74. The van der Waals surface area contributed by atoms with Crippen molar-refractivity contribution < 1.29 is 0 Å². The predicted molar refractivity (Wildman–Crippen MR) is 80.0 cm³/mol. The van der Waals surface area contributed by atoms with Gasteiger partial charge in [0, 0.05) is 18.4 Å². The lowest BCUT2D eigenvalue weighted by Crippen LogP contribution is -1.97. The Balaban J connectivity index is 2.61. The van der Waals surface area contributed by atoms with E-state index in [0.29, 0.717) is 0 Å². The highest BCUT2D eigenvalue weighted by atomic mass is 14.8. The van der Waals surface area contributed by atoms with Crippen molar-refractivity contribution in [3.63, 3.8) is 0 Å². The largest absolute Gasteiger partial charge is 0.399 e. The maximum atomic E-state index is 5.81. The van der Waals surface area contributed by atoms with E-state index in [2.05, 4.69) is 44.3 Å². The number of nitrogens with one attached hydrogen (secondary N) is 1. The van der Waals surface area contributed by atoms with Crippen LogP contribution in [0.2, 0.25) is 0 Å². The van der Waals surface area contributed by atoms with Gasteiger partial charge in [0.15, 0.2) is 0 Å². The van der Waals surface area contributed by atoms with Crippen LogP contribution in [0.1, 0.15) is 16.7 Å². The SMILES string of the molecule is CNc1ccc(-c2ccc(N)cc2C)c(C)c1C. The number of hydrogen-bond donors (Lipinski definition) is 2. The van der Waals surface area contributed by atoms with Gasteiger partial charge in [-0.3, -0.25) is 0 Å². The molecular formula is C16H20N2. The predicted octanol–water partition coefficient (Wildman–Crippen LogP) is 3.90. The molecule has 0 aromatic heterocycles. The molecule has 0 unspecified atom stereocenters. The Morgan fingerprint density at radius 1 is 0.889 bits per heavy atom. The molecule has 2 aromatic carbocycles. The summed E-state index contributed by atoms with van der Waals surface area (Å²) >= 11 is 0. The first kappa shape index (κ1) is 12.5. The molecule has 0 radical (unpaired) electrons. The molecule has 3 N–H and O–H groups in total. The molecule has 0 saturated carbocycles. The molecule has 2 aromatic rings. The number of rotatable bonds is 2. The highest BCUT2D eigenvalue weighted by molar-refractivity contribution is 5.76. The van der Waals surface area contributed by atoms with Crippen molar-refractivity contribution in [3.8, 4) is 11.1 Å². The van der Waals surface area contributed by atoms with E-state index in [4.69, 9.17) is 5.73 Å². The van der Waals surface area contributed by atoms with E-state index in [1.165, 1.54) is 33.5 Å². The van der Waals surface area contributed by atoms with Crippen molar-refractivity contribution in [2.24, 2.45) is 0 Å². The molecule has 0 bridgehead atoms. The van der Waals surface area contributed by atoms with Crippen molar-refractivity contribution in [1.82, 2.24) is 0 Å². The van der Waals surface area contributed by atoms with Gasteiger partial charge in [0.05, 0.1) is 0 Å². The zero-order valence-corrected chi connectivity index (χ0v) is 11.5. The fourth-order valence-electron chi connectivity index (χ4n) is 2.37. The molecule has 0 amide bonds. The van der Waals surface area contributed by atoms with Gasteiger partial charge in [-0.2, -0.15) is 0 Å². The summed E-state index contributed by atoms with van der Waals surface area (Å²) in [7, 11) is 1.95. The Kier molecular flexibility index (Phi) is 3.28. The highest BCUT2D eigenvalue weighted by Gasteiger charge is 2.09. The third-order valence-electron chi connectivity index (χ3n) is 3.60. The maximum Gasteiger partial charge on any atom is 0.0370 e. The van der Waals surface area contributed by atoms with Crippen LogP contribution in [-0.4, -0.2) is 7.05 Å². The average molecular weight is 240 g/mol. The topological polar surface area (TPSA) is 38.0 Å². The minimum absolute atomic E-state index is 0.817. The molecule has 0 fully saturated rings. The maximum absolute atomic E-state index is 5.81. The Morgan fingerprint density at radius 3 is 2.17 bits per heavy atom. The van der Waals surface area contributed by atoms with E-state index in [-0.39, 0.29) is 0 Å². The van der Waals surface area contributed by atoms with E-state index in [0.717, 1.165) is 5.69 Å². The van der Waals surface area contributed by atoms with Crippen molar-refractivity contribution in [2.75, 3.05) is 18.1 Å². The van der Waals surface area contributed by atoms with Crippen molar-refractivity contribution >= 4 is 11.4 Å². The standard InChI is InChI=1S/C16H20N2/c1-10-9-13(17)5-6-14(10)15-7-8-16(18-4)12(3)11(15)2/h5-9,18H,17H2,1-4H3. The van der Waals surface area contributed by atoms with Crippen LogP contribution in [0.3, 0.4) is 0 Å². The molecule has 0 atom stereocenters. The van der Waals surface area contributed by atoms with Crippen LogP contribution >= 0.6 is 0 Å². The summed E-state index contributed by atoms with van der Waals surface area (Å²) in [5.41, 5.74) is 14.2. The first-order valence-corrected chi connectivity index (χ1v) is 6.19. The first-order chi connectivity index (χ1) is 8.54. The fourth-order valence-corrected chi connectivity index (χ4v) is 2.37. The lowest BCUT2D eigenvalue weighted by molar-refractivity contribution is 1.31. The van der Waals surface area contributed by atoms with Gasteiger partial charge in [-0.25, -0.2) is 0 Å². The summed E-state index contributed by atoms with van der Waals surface area (Å²) in [6.45, 7) is 6.42.